The highest BCUT2D eigenvalue weighted by Gasteiger charge is 2.13. The third-order valence-electron chi connectivity index (χ3n) is 4.25. The summed E-state index contributed by atoms with van der Waals surface area (Å²) in [6.45, 7) is 0. The van der Waals surface area contributed by atoms with Crippen molar-refractivity contribution in [1.29, 1.82) is 0 Å². The molecule has 0 spiro atoms. The molecule has 6 heteroatoms. The van der Waals surface area contributed by atoms with E-state index in [-0.39, 0.29) is 5.91 Å². The maximum Gasteiger partial charge on any atom is 0.344 e. The zero-order valence-corrected chi connectivity index (χ0v) is 16.8. The Labute approximate surface area is 173 Å². The Hall–Kier alpha value is -2.89. The van der Waals surface area contributed by atoms with E-state index in [0.29, 0.717) is 33.0 Å². The molecule has 28 heavy (non-hydrogen) atoms. The number of fused-ring (bicyclic) bond motifs is 1. The van der Waals surface area contributed by atoms with E-state index in [1.807, 2.05) is 18.2 Å². The van der Waals surface area contributed by atoms with Crippen LogP contribution in [-0.2, 0) is 0 Å². The molecule has 138 valence electrons. The predicted octanol–water partition coefficient (Wildman–Crippen LogP) is 6.13. The number of amides is 1. The number of anilines is 1. The second-order valence-corrected chi connectivity index (χ2v) is 7.47. The average Bonchev–Trinajstić information content (AvgIpc) is 2.68. The molecule has 0 fully saturated rings. The Morgan fingerprint density at radius 2 is 1.75 bits per heavy atom. The third-order valence-corrected chi connectivity index (χ3v) is 5.05. The van der Waals surface area contributed by atoms with Crippen molar-refractivity contribution in [2.45, 2.75) is 0 Å². The molecule has 0 radical (unpaired) electrons. The molecular formula is C22H13BrClNO3. The van der Waals surface area contributed by atoms with Gasteiger partial charge in [-0.2, -0.15) is 0 Å². The van der Waals surface area contributed by atoms with Crippen LogP contribution in [0.2, 0.25) is 5.02 Å². The number of hydrogen-bond acceptors (Lipinski definition) is 3. The largest absolute Gasteiger partial charge is 0.422 e. The second kappa shape index (κ2) is 7.62. The van der Waals surface area contributed by atoms with Crippen molar-refractivity contribution in [2.75, 3.05) is 5.32 Å². The smallest absolute Gasteiger partial charge is 0.344 e. The Morgan fingerprint density at radius 1 is 0.929 bits per heavy atom. The number of hydrogen-bond donors (Lipinski definition) is 1. The van der Waals surface area contributed by atoms with Crippen LogP contribution < -0.4 is 10.9 Å². The summed E-state index contributed by atoms with van der Waals surface area (Å²) in [5.74, 6) is -0.254. The molecule has 1 aromatic heterocycles. The average molecular weight is 455 g/mol. The van der Waals surface area contributed by atoms with Crippen molar-refractivity contribution in [3.05, 3.63) is 98.3 Å². The van der Waals surface area contributed by atoms with E-state index < -0.39 is 5.63 Å². The number of nitrogens with one attached hydrogen (secondary N) is 1. The molecule has 1 amide bonds. The van der Waals surface area contributed by atoms with E-state index in [9.17, 15) is 9.59 Å². The molecule has 1 heterocycles. The fraction of sp³-hybridized carbons (Fsp3) is 0. The van der Waals surface area contributed by atoms with Crippen LogP contribution in [0.25, 0.3) is 22.1 Å². The maximum absolute atomic E-state index is 12.4. The number of carbonyl (C=O) groups is 1. The number of halogens is 2. The van der Waals surface area contributed by atoms with Crippen LogP contribution in [0.3, 0.4) is 0 Å². The van der Waals surface area contributed by atoms with E-state index in [4.69, 9.17) is 16.0 Å². The van der Waals surface area contributed by atoms with Gasteiger partial charge in [-0.3, -0.25) is 4.79 Å². The van der Waals surface area contributed by atoms with Gasteiger partial charge in [-0.25, -0.2) is 4.79 Å². The van der Waals surface area contributed by atoms with Crippen LogP contribution in [0.1, 0.15) is 10.4 Å². The van der Waals surface area contributed by atoms with E-state index in [0.717, 1.165) is 9.86 Å². The standard InChI is InChI=1S/C22H13BrClNO3/c23-15-6-3-5-14(10-15)21(26)25-16-8-9-17(19(24)12-16)18-11-13-4-1-2-7-20(13)28-22(18)27/h1-12H,(H,25,26). The normalized spacial score (nSPS) is 10.8. The SMILES string of the molecule is O=C(Nc1ccc(-c2cc3ccccc3oc2=O)c(Cl)c1)c1cccc(Br)c1. The fourth-order valence-corrected chi connectivity index (χ4v) is 3.58. The van der Waals surface area contributed by atoms with Crippen molar-refractivity contribution in [3.63, 3.8) is 0 Å². The number of para-hydroxylation sites is 1. The Balaban J connectivity index is 1.66. The van der Waals surface area contributed by atoms with Gasteiger partial charge in [0.25, 0.3) is 5.91 Å². The number of benzene rings is 3. The van der Waals surface area contributed by atoms with Crippen molar-refractivity contribution in [3.8, 4) is 11.1 Å². The topological polar surface area (TPSA) is 59.3 Å². The predicted molar refractivity (Wildman–Crippen MR) is 115 cm³/mol. The summed E-state index contributed by atoms with van der Waals surface area (Å²) < 4.78 is 6.19. The van der Waals surface area contributed by atoms with Gasteiger partial charge in [0.05, 0.1) is 10.6 Å². The van der Waals surface area contributed by atoms with E-state index >= 15 is 0 Å². The van der Waals surface area contributed by atoms with Crippen LogP contribution >= 0.6 is 27.5 Å². The molecule has 0 bridgehead atoms. The van der Waals surface area contributed by atoms with Gasteiger partial charge in [0.1, 0.15) is 5.58 Å². The molecule has 4 nitrogen and oxygen atoms in total. The molecule has 0 unspecified atom stereocenters. The van der Waals surface area contributed by atoms with Gasteiger partial charge in [-0.05, 0) is 42.5 Å². The molecule has 0 aliphatic carbocycles. The van der Waals surface area contributed by atoms with Crippen molar-refractivity contribution in [1.82, 2.24) is 0 Å². The van der Waals surface area contributed by atoms with E-state index in [1.165, 1.54) is 0 Å². The number of rotatable bonds is 3. The minimum absolute atomic E-state index is 0.254. The lowest BCUT2D eigenvalue weighted by Crippen LogP contribution is -2.12. The molecular weight excluding hydrogens is 442 g/mol. The van der Waals surface area contributed by atoms with Gasteiger partial charge < -0.3 is 9.73 Å². The molecule has 4 aromatic rings. The number of carbonyl (C=O) groups excluding carboxylic acids is 1. The monoisotopic (exact) mass is 453 g/mol. The summed E-state index contributed by atoms with van der Waals surface area (Å²) in [6, 6.07) is 21.1. The van der Waals surface area contributed by atoms with Gasteiger partial charge >= 0.3 is 5.63 Å². The van der Waals surface area contributed by atoms with Crippen LogP contribution in [0, 0.1) is 0 Å². The Morgan fingerprint density at radius 3 is 2.54 bits per heavy atom. The van der Waals surface area contributed by atoms with Crippen LogP contribution in [-0.4, -0.2) is 5.91 Å². The van der Waals surface area contributed by atoms with E-state index in [1.54, 1.807) is 54.6 Å². The third kappa shape index (κ3) is 3.72. The Kier molecular flexibility index (Phi) is 5.03. The second-order valence-electron chi connectivity index (χ2n) is 6.14. The quantitative estimate of drug-likeness (QED) is 0.379. The molecule has 1 N–H and O–H groups in total. The van der Waals surface area contributed by atoms with Gasteiger partial charge in [0.2, 0.25) is 0 Å². The molecule has 0 saturated carbocycles. The van der Waals surface area contributed by atoms with Crippen LogP contribution in [0.15, 0.2) is 86.5 Å². The minimum atomic E-state index is -0.466. The van der Waals surface area contributed by atoms with Crippen molar-refractivity contribution in [2.24, 2.45) is 0 Å². The summed E-state index contributed by atoms with van der Waals surface area (Å²) >= 11 is 9.75. The van der Waals surface area contributed by atoms with Gasteiger partial charge in [0.15, 0.2) is 0 Å². The molecule has 0 saturated heterocycles. The van der Waals surface area contributed by atoms with E-state index in [2.05, 4.69) is 21.2 Å². The lowest BCUT2D eigenvalue weighted by Gasteiger charge is -2.09. The zero-order valence-electron chi connectivity index (χ0n) is 14.4. The van der Waals surface area contributed by atoms with Crippen molar-refractivity contribution < 1.29 is 9.21 Å². The minimum Gasteiger partial charge on any atom is -0.422 e. The lowest BCUT2D eigenvalue weighted by molar-refractivity contribution is 0.102. The first-order valence-electron chi connectivity index (χ1n) is 8.41. The first-order valence-corrected chi connectivity index (χ1v) is 9.58. The highest BCUT2D eigenvalue weighted by atomic mass is 79.9. The van der Waals surface area contributed by atoms with Crippen molar-refractivity contribution >= 4 is 50.1 Å². The first-order chi connectivity index (χ1) is 13.5. The summed E-state index contributed by atoms with van der Waals surface area (Å²) in [6.07, 6.45) is 0. The summed E-state index contributed by atoms with van der Waals surface area (Å²) in [4.78, 5) is 24.8. The van der Waals surface area contributed by atoms with Crippen LogP contribution in [0.5, 0.6) is 0 Å². The van der Waals surface area contributed by atoms with Gasteiger partial charge in [-0.1, -0.05) is 57.9 Å². The molecule has 4 rings (SSSR count). The van der Waals surface area contributed by atoms with Crippen LogP contribution in [0.4, 0.5) is 5.69 Å². The molecule has 0 aliphatic rings. The maximum atomic E-state index is 12.4. The van der Waals surface area contributed by atoms with Gasteiger partial charge in [0, 0.05) is 26.7 Å². The molecule has 3 aromatic carbocycles. The summed E-state index contributed by atoms with van der Waals surface area (Å²) in [7, 11) is 0. The zero-order chi connectivity index (χ0) is 19.7. The highest BCUT2D eigenvalue weighted by Crippen LogP contribution is 2.30. The molecule has 0 aliphatic heterocycles. The summed E-state index contributed by atoms with van der Waals surface area (Å²) in [5, 5.41) is 3.95. The highest BCUT2D eigenvalue weighted by molar-refractivity contribution is 9.10. The summed E-state index contributed by atoms with van der Waals surface area (Å²) in [5.41, 5.74) is 2.01. The first kappa shape index (κ1) is 18.5. The Bertz CT molecular complexity index is 1270. The molecule has 0 atom stereocenters. The fourth-order valence-electron chi connectivity index (χ4n) is 2.89. The van der Waals surface area contributed by atoms with Gasteiger partial charge in [-0.15, -0.1) is 0 Å². The lowest BCUT2D eigenvalue weighted by atomic mass is 10.1.